The van der Waals surface area contributed by atoms with Crippen LogP contribution in [0.5, 0.6) is 5.75 Å². The Morgan fingerprint density at radius 2 is 0.744 bits per heavy atom. The Kier molecular flexibility index (Phi) is 28.1. The minimum absolute atomic E-state index is 0.483. The fraction of sp³-hybridized carbons (Fsp3) is 0.786. The summed E-state index contributed by atoms with van der Waals surface area (Å²) in [6.45, 7) is 9.47. The van der Waals surface area contributed by atoms with Gasteiger partial charge in [-0.3, -0.25) is 0 Å². The van der Waals surface area contributed by atoms with Crippen molar-refractivity contribution in [3.8, 4) is 5.75 Å². The molecule has 0 radical (unpaired) electrons. The van der Waals surface area contributed by atoms with E-state index in [1.54, 1.807) is 12.1 Å². The first-order valence-electron chi connectivity index (χ1n) is 14.0. The minimum atomic E-state index is 0.483. The van der Waals surface area contributed by atoms with Crippen molar-refractivity contribution in [2.75, 3.05) is 122 Å². The summed E-state index contributed by atoms with van der Waals surface area (Å²) in [7, 11) is 0. The highest BCUT2D eigenvalue weighted by molar-refractivity contribution is 14.1. The molecule has 1 rings (SSSR count). The summed E-state index contributed by atoms with van der Waals surface area (Å²) in [5, 5.41) is 0. The van der Waals surface area contributed by atoms with Crippen LogP contribution in [-0.4, -0.2) is 117 Å². The van der Waals surface area contributed by atoms with E-state index < -0.39 is 0 Å². The summed E-state index contributed by atoms with van der Waals surface area (Å²) in [4.78, 5) is 0. The van der Waals surface area contributed by atoms with Crippen LogP contribution in [0.4, 0.5) is 5.69 Å². The largest absolute Gasteiger partial charge is 0.491 e. The molecule has 0 aliphatic carbocycles. The Bertz CT molecular complexity index is 613. The SMILES string of the molecule is Nc1ccc(OCCOCCOCCOCCOCCOCCOCCOCCOCCCCCCI)cc1. The van der Waals surface area contributed by atoms with Crippen LogP contribution >= 0.6 is 22.6 Å². The molecule has 0 amide bonds. The van der Waals surface area contributed by atoms with Gasteiger partial charge in [0, 0.05) is 12.3 Å². The first-order valence-corrected chi connectivity index (χ1v) is 15.5. The maximum Gasteiger partial charge on any atom is 0.119 e. The van der Waals surface area contributed by atoms with Crippen LogP contribution in [0.1, 0.15) is 25.7 Å². The molecule has 0 saturated heterocycles. The predicted molar refractivity (Wildman–Crippen MR) is 160 cm³/mol. The zero-order chi connectivity index (χ0) is 27.9. The third-order valence-electron chi connectivity index (χ3n) is 5.15. The van der Waals surface area contributed by atoms with Crippen LogP contribution in [-0.2, 0) is 37.9 Å². The van der Waals surface area contributed by atoms with Crippen LogP contribution in [0.15, 0.2) is 24.3 Å². The highest BCUT2D eigenvalue weighted by atomic mass is 127. The number of benzene rings is 1. The van der Waals surface area contributed by atoms with E-state index in [0.29, 0.717) is 111 Å². The summed E-state index contributed by atoms with van der Waals surface area (Å²) >= 11 is 2.42. The van der Waals surface area contributed by atoms with Crippen molar-refractivity contribution in [2.45, 2.75) is 25.7 Å². The molecule has 0 aliphatic heterocycles. The number of nitrogen functional groups attached to an aromatic ring is 1. The van der Waals surface area contributed by atoms with Crippen molar-refractivity contribution in [3.05, 3.63) is 24.3 Å². The van der Waals surface area contributed by atoms with Crippen LogP contribution in [0, 0.1) is 0 Å². The van der Waals surface area contributed by atoms with Crippen LogP contribution < -0.4 is 10.5 Å². The summed E-state index contributed by atoms with van der Waals surface area (Å²) in [5.74, 6) is 0.778. The molecule has 11 heteroatoms. The van der Waals surface area contributed by atoms with Gasteiger partial charge in [-0.25, -0.2) is 0 Å². The fourth-order valence-electron chi connectivity index (χ4n) is 3.08. The van der Waals surface area contributed by atoms with E-state index in [4.69, 9.17) is 48.4 Å². The van der Waals surface area contributed by atoms with Crippen molar-refractivity contribution < 1.29 is 42.6 Å². The van der Waals surface area contributed by atoms with E-state index in [1.165, 1.54) is 23.7 Å². The summed E-state index contributed by atoms with van der Waals surface area (Å²) in [6.07, 6.45) is 4.99. The number of ether oxygens (including phenoxy) is 9. The molecule has 1 aromatic carbocycles. The van der Waals surface area contributed by atoms with E-state index in [9.17, 15) is 0 Å². The molecule has 10 nitrogen and oxygen atoms in total. The van der Waals surface area contributed by atoms with Crippen LogP contribution in [0.2, 0.25) is 0 Å². The average Bonchev–Trinajstić information content (AvgIpc) is 2.95. The van der Waals surface area contributed by atoms with Crippen LogP contribution in [0.25, 0.3) is 0 Å². The van der Waals surface area contributed by atoms with E-state index in [0.717, 1.165) is 18.8 Å². The number of anilines is 1. The van der Waals surface area contributed by atoms with Gasteiger partial charge in [0.2, 0.25) is 0 Å². The molecule has 39 heavy (non-hydrogen) atoms. The van der Waals surface area contributed by atoms with E-state index in [2.05, 4.69) is 22.6 Å². The van der Waals surface area contributed by atoms with Crippen molar-refractivity contribution in [3.63, 3.8) is 0 Å². The Morgan fingerprint density at radius 3 is 1.13 bits per heavy atom. The Labute approximate surface area is 248 Å². The number of unbranched alkanes of at least 4 members (excludes halogenated alkanes) is 3. The molecule has 0 bridgehead atoms. The number of rotatable bonds is 31. The quantitative estimate of drug-likeness (QED) is 0.0543. The van der Waals surface area contributed by atoms with Gasteiger partial charge in [0.05, 0.1) is 99.1 Å². The second-order valence-electron chi connectivity index (χ2n) is 8.42. The number of hydrogen-bond donors (Lipinski definition) is 1. The Morgan fingerprint density at radius 1 is 0.410 bits per heavy atom. The van der Waals surface area contributed by atoms with Gasteiger partial charge < -0.3 is 48.4 Å². The van der Waals surface area contributed by atoms with Gasteiger partial charge in [0.1, 0.15) is 12.4 Å². The van der Waals surface area contributed by atoms with E-state index >= 15 is 0 Å². The summed E-state index contributed by atoms with van der Waals surface area (Å²) in [5.41, 5.74) is 6.35. The lowest BCUT2D eigenvalue weighted by atomic mass is 10.2. The molecule has 0 heterocycles. The second-order valence-corrected chi connectivity index (χ2v) is 9.50. The first kappa shape index (κ1) is 36.3. The maximum absolute atomic E-state index is 5.64. The van der Waals surface area contributed by atoms with Gasteiger partial charge in [-0.05, 0) is 41.5 Å². The molecule has 0 unspecified atom stereocenters. The van der Waals surface area contributed by atoms with Crippen molar-refractivity contribution in [1.29, 1.82) is 0 Å². The first-order chi connectivity index (χ1) is 19.3. The normalized spacial score (nSPS) is 11.3. The molecule has 2 N–H and O–H groups in total. The van der Waals surface area contributed by atoms with Crippen molar-refractivity contribution >= 4 is 28.3 Å². The lowest BCUT2D eigenvalue weighted by Gasteiger charge is -2.09. The lowest BCUT2D eigenvalue weighted by molar-refractivity contribution is -0.0236. The van der Waals surface area contributed by atoms with Gasteiger partial charge in [-0.1, -0.05) is 35.4 Å². The lowest BCUT2D eigenvalue weighted by Crippen LogP contribution is -2.15. The molecular formula is C28H50INO9. The zero-order valence-corrected chi connectivity index (χ0v) is 25.7. The number of hydrogen-bond acceptors (Lipinski definition) is 10. The molecular weight excluding hydrogens is 621 g/mol. The van der Waals surface area contributed by atoms with Crippen LogP contribution in [0.3, 0.4) is 0 Å². The third-order valence-corrected chi connectivity index (χ3v) is 5.92. The minimum Gasteiger partial charge on any atom is -0.491 e. The number of nitrogens with two attached hydrogens (primary N) is 1. The average molecular weight is 672 g/mol. The van der Waals surface area contributed by atoms with Gasteiger partial charge in [-0.15, -0.1) is 0 Å². The number of halogens is 1. The van der Waals surface area contributed by atoms with Gasteiger partial charge in [-0.2, -0.15) is 0 Å². The molecule has 0 fully saturated rings. The summed E-state index contributed by atoms with van der Waals surface area (Å²) in [6, 6.07) is 7.28. The van der Waals surface area contributed by atoms with E-state index in [1.807, 2.05) is 12.1 Å². The second kappa shape index (κ2) is 30.2. The summed E-state index contributed by atoms with van der Waals surface area (Å²) < 4.78 is 50.7. The standard InChI is InChI=1S/C28H50INO9/c29-9-3-1-2-4-10-31-11-12-32-13-14-33-15-16-34-17-18-35-19-20-36-21-22-37-23-24-38-25-26-39-28-7-5-27(30)6-8-28/h5-8H,1-4,9-26,30H2. The third kappa shape index (κ3) is 27.2. The highest BCUT2D eigenvalue weighted by Gasteiger charge is 1.97. The maximum atomic E-state index is 5.64. The van der Waals surface area contributed by atoms with Gasteiger partial charge in [0.25, 0.3) is 0 Å². The Hall–Kier alpha value is -0.770. The molecule has 0 aromatic heterocycles. The fourth-order valence-corrected chi connectivity index (χ4v) is 3.62. The Balaban J connectivity index is 1.64. The molecule has 0 aliphatic rings. The topological polar surface area (TPSA) is 109 Å². The van der Waals surface area contributed by atoms with Crippen molar-refractivity contribution in [1.82, 2.24) is 0 Å². The van der Waals surface area contributed by atoms with Gasteiger partial charge in [0.15, 0.2) is 0 Å². The van der Waals surface area contributed by atoms with Gasteiger partial charge >= 0.3 is 0 Å². The van der Waals surface area contributed by atoms with Crippen molar-refractivity contribution in [2.24, 2.45) is 0 Å². The smallest absolute Gasteiger partial charge is 0.119 e. The van der Waals surface area contributed by atoms with E-state index in [-0.39, 0.29) is 0 Å². The monoisotopic (exact) mass is 671 g/mol. The number of alkyl halides is 1. The molecule has 228 valence electrons. The molecule has 0 atom stereocenters. The molecule has 0 spiro atoms. The predicted octanol–water partition coefficient (Wildman–Crippen LogP) is 3.78. The zero-order valence-electron chi connectivity index (χ0n) is 23.5. The molecule has 0 saturated carbocycles. The molecule has 1 aromatic rings. The highest BCUT2D eigenvalue weighted by Crippen LogP contribution is 2.12.